The molecule has 0 saturated carbocycles. The monoisotopic (exact) mass is 315 g/mol. The highest BCUT2D eigenvalue weighted by molar-refractivity contribution is 5.64. The standard InChI is InChI=1S/C18H21NO4/c1-4-19(15-8-6-5-7-9-15)14(2)22-18(20)23-17-12-10-16(21-3)11-13-17/h5-14H,4H2,1-3H3. The van der Waals surface area contributed by atoms with Gasteiger partial charge < -0.3 is 19.1 Å². The van der Waals surface area contributed by atoms with Gasteiger partial charge in [0.05, 0.1) is 7.11 Å². The summed E-state index contributed by atoms with van der Waals surface area (Å²) in [7, 11) is 1.58. The lowest BCUT2D eigenvalue weighted by molar-refractivity contribution is 0.0645. The van der Waals surface area contributed by atoms with Gasteiger partial charge in [0.25, 0.3) is 0 Å². The first-order valence-electron chi connectivity index (χ1n) is 7.48. The van der Waals surface area contributed by atoms with Crippen LogP contribution in [0.2, 0.25) is 0 Å². The molecule has 1 unspecified atom stereocenters. The maximum Gasteiger partial charge on any atom is 0.515 e. The number of nitrogens with zero attached hydrogens (tertiary/aromatic N) is 1. The van der Waals surface area contributed by atoms with Gasteiger partial charge in [0.1, 0.15) is 11.5 Å². The first-order chi connectivity index (χ1) is 11.1. The molecule has 0 spiro atoms. The molecule has 5 nitrogen and oxygen atoms in total. The molecule has 122 valence electrons. The van der Waals surface area contributed by atoms with E-state index in [9.17, 15) is 4.79 Å². The largest absolute Gasteiger partial charge is 0.515 e. The first-order valence-corrected chi connectivity index (χ1v) is 7.48. The minimum atomic E-state index is -0.739. The van der Waals surface area contributed by atoms with Gasteiger partial charge in [-0.3, -0.25) is 0 Å². The molecule has 0 aliphatic heterocycles. The summed E-state index contributed by atoms with van der Waals surface area (Å²) in [5, 5.41) is 0. The van der Waals surface area contributed by atoms with E-state index in [1.807, 2.05) is 49.1 Å². The van der Waals surface area contributed by atoms with Crippen LogP contribution in [0.15, 0.2) is 54.6 Å². The molecular formula is C18H21NO4. The van der Waals surface area contributed by atoms with Crippen molar-refractivity contribution in [2.45, 2.75) is 20.1 Å². The van der Waals surface area contributed by atoms with Gasteiger partial charge in [0.2, 0.25) is 0 Å². The lowest BCUT2D eigenvalue weighted by atomic mass is 10.3. The van der Waals surface area contributed by atoms with Gasteiger partial charge in [-0.1, -0.05) is 18.2 Å². The molecule has 2 aromatic carbocycles. The number of carbonyl (C=O) groups excluding carboxylic acids is 1. The Labute approximate surface area is 136 Å². The first kappa shape index (κ1) is 16.7. The third-order valence-electron chi connectivity index (χ3n) is 3.39. The van der Waals surface area contributed by atoms with E-state index in [0.29, 0.717) is 18.0 Å². The van der Waals surface area contributed by atoms with Gasteiger partial charge >= 0.3 is 6.16 Å². The average molecular weight is 315 g/mol. The van der Waals surface area contributed by atoms with Crippen molar-refractivity contribution in [1.29, 1.82) is 0 Å². The van der Waals surface area contributed by atoms with Crippen LogP contribution in [0.1, 0.15) is 13.8 Å². The van der Waals surface area contributed by atoms with Crippen molar-refractivity contribution in [3.63, 3.8) is 0 Å². The van der Waals surface area contributed by atoms with E-state index in [0.717, 1.165) is 5.69 Å². The fourth-order valence-electron chi connectivity index (χ4n) is 2.24. The number of rotatable bonds is 6. The van der Waals surface area contributed by atoms with Crippen molar-refractivity contribution < 1.29 is 19.0 Å². The Bertz CT molecular complexity index is 613. The van der Waals surface area contributed by atoms with Crippen LogP contribution in [0.25, 0.3) is 0 Å². The van der Waals surface area contributed by atoms with Crippen LogP contribution in [-0.2, 0) is 4.74 Å². The van der Waals surface area contributed by atoms with Crippen LogP contribution in [0.4, 0.5) is 10.5 Å². The fraction of sp³-hybridized carbons (Fsp3) is 0.278. The van der Waals surface area contributed by atoms with Crippen molar-refractivity contribution in [3.8, 4) is 11.5 Å². The van der Waals surface area contributed by atoms with Crippen LogP contribution < -0.4 is 14.4 Å². The minimum Gasteiger partial charge on any atom is -0.497 e. The highest BCUT2D eigenvalue weighted by Gasteiger charge is 2.18. The van der Waals surface area contributed by atoms with E-state index in [2.05, 4.69) is 0 Å². The number of hydrogen-bond acceptors (Lipinski definition) is 5. The van der Waals surface area contributed by atoms with Gasteiger partial charge in [-0.15, -0.1) is 0 Å². The molecule has 0 aromatic heterocycles. The molecule has 0 fully saturated rings. The zero-order chi connectivity index (χ0) is 16.7. The third kappa shape index (κ3) is 4.64. The van der Waals surface area contributed by atoms with Crippen LogP contribution in [-0.4, -0.2) is 26.0 Å². The van der Waals surface area contributed by atoms with Gasteiger partial charge in [0, 0.05) is 12.2 Å². The van der Waals surface area contributed by atoms with Crippen LogP contribution in [0.5, 0.6) is 11.5 Å². The molecule has 0 heterocycles. The minimum absolute atomic E-state index is 0.408. The van der Waals surface area contributed by atoms with Crippen molar-refractivity contribution in [2.75, 3.05) is 18.6 Å². The Morgan fingerprint density at radius 2 is 1.65 bits per heavy atom. The summed E-state index contributed by atoms with van der Waals surface area (Å²) in [5.41, 5.74) is 0.986. The third-order valence-corrected chi connectivity index (χ3v) is 3.39. The molecule has 23 heavy (non-hydrogen) atoms. The predicted octanol–water partition coefficient (Wildman–Crippen LogP) is 4.08. The number of benzene rings is 2. The maximum absolute atomic E-state index is 11.9. The van der Waals surface area contributed by atoms with E-state index in [-0.39, 0.29) is 0 Å². The molecule has 2 aromatic rings. The number of para-hydroxylation sites is 1. The summed E-state index contributed by atoms with van der Waals surface area (Å²) >= 11 is 0. The molecule has 0 amide bonds. The van der Waals surface area contributed by atoms with Crippen molar-refractivity contribution in [1.82, 2.24) is 0 Å². The van der Waals surface area contributed by atoms with Gasteiger partial charge in [-0.05, 0) is 50.2 Å². The molecule has 5 heteroatoms. The Balaban J connectivity index is 1.95. The Morgan fingerprint density at radius 3 is 2.22 bits per heavy atom. The SMILES string of the molecule is CCN(c1ccccc1)C(C)OC(=O)Oc1ccc(OC)cc1. The summed E-state index contributed by atoms with van der Waals surface area (Å²) in [5.74, 6) is 1.10. The van der Waals surface area contributed by atoms with Crippen LogP contribution in [0.3, 0.4) is 0 Å². The fourth-order valence-corrected chi connectivity index (χ4v) is 2.24. The molecule has 0 N–H and O–H groups in total. The molecule has 1 atom stereocenters. The van der Waals surface area contributed by atoms with E-state index < -0.39 is 12.4 Å². The average Bonchev–Trinajstić information content (AvgIpc) is 2.57. The Hall–Kier alpha value is -2.69. The van der Waals surface area contributed by atoms with Crippen molar-refractivity contribution >= 4 is 11.8 Å². The van der Waals surface area contributed by atoms with E-state index >= 15 is 0 Å². The van der Waals surface area contributed by atoms with Gasteiger partial charge in [-0.2, -0.15) is 0 Å². The molecule has 0 aliphatic carbocycles. The molecule has 0 radical (unpaired) electrons. The predicted molar refractivity (Wildman–Crippen MR) is 89.0 cm³/mol. The summed E-state index contributed by atoms with van der Waals surface area (Å²) in [6.45, 7) is 4.52. The summed E-state index contributed by atoms with van der Waals surface area (Å²) in [4.78, 5) is 13.9. The Morgan fingerprint density at radius 1 is 1.04 bits per heavy atom. The number of methoxy groups -OCH3 is 1. The maximum atomic E-state index is 11.9. The van der Waals surface area contributed by atoms with E-state index in [4.69, 9.17) is 14.2 Å². The summed E-state index contributed by atoms with van der Waals surface area (Å²) in [6, 6.07) is 16.5. The number of hydrogen-bond donors (Lipinski definition) is 0. The van der Waals surface area contributed by atoms with E-state index in [1.54, 1.807) is 31.4 Å². The Kier molecular flexibility index (Phi) is 5.86. The van der Waals surface area contributed by atoms with Gasteiger partial charge in [-0.25, -0.2) is 4.79 Å². The highest BCUT2D eigenvalue weighted by Crippen LogP contribution is 2.19. The van der Waals surface area contributed by atoms with Gasteiger partial charge in [0.15, 0.2) is 6.23 Å². The second kappa shape index (κ2) is 8.08. The van der Waals surface area contributed by atoms with Crippen LogP contribution in [0, 0.1) is 0 Å². The zero-order valence-corrected chi connectivity index (χ0v) is 13.6. The quantitative estimate of drug-likeness (QED) is 0.456. The second-order valence-corrected chi connectivity index (χ2v) is 4.87. The summed E-state index contributed by atoms with van der Waals surface area (Å²) < 4.78 is 15.6. The number of ether oxygens (including phenoxy) is 3. The zero-order valence-electron chi connectivity index (χ0n) is 13.6. The van der Waals surface area contributed by atoms with E-state index in [1.165, 1.54) is 0 Å². The number of carbonyl (C=O) groups is 1. The lowest BCUT2D eigenvalue weighted by Crippen LogP contribution is -2.37. The molecular weight excluding hydrogens is 294 g/mol. The van der Waals surface area contributed by atoms with Crippen molar-refractivity contribution in [2.24, 2.45) is 0 Å². The molecule has 0 aliphatic rings. The summed E-state index contributed by atoms with van der Waals surface area (Å²) in [6.07, 6.45) is -1.18. The normalized spacial score (nSPS) is 11.4. The molecule has 2 rings (SSSR count). The van der Waals surface area contributed by atoms with Crippen molar-refractivity contribution in [3.05, 3.63) is 54.6 Å². The smallest absolute Gasteiger partial charge is 0.497 e. The number of anilines is 1. The lowest BCUT2D eigenvalue weighted by Gasteiger charge is -2.29. The van der Waals surface area contributed by atoms with Crippen LogP contribution >= 0.6 is 0 Å². The molecule has 0 bridgehead atoms. The molecule has 0 saturated heterocycles. The highest BCUT2D eigenvalue weighted by atomic mass is 16.7. The second-order valence-electron chi connectivity index (χ2n) is 4.87. The topological polar surface area (TPSA) is 48.0 Å².